The maximum atomic E-state index is 12.9. The number of carbonyl (C=O) groups excluding carboxylic acids is 1. The molecule has 1 aromatic rings. The fourth-order valence-corrected chi connectivity index (χ4v) is 3.66. The Kier molecular flexibility index (Phi) is 6.06. The van der Waals surface area contributed by atoms with Crippen LogP contribution in [0.1, 0.15) is 31.2 Å². The predicted molar refractivity (Wildman–Crippen MR) is 95.1 cm³/mol. The van der Waals surface area contributed by atoms with Gasteiger partial charge in [-0.3, -0.25) is 9.69 Å². The molecular weight excluding hydrogens is 343 g/mol. The van der Waals surface area contributed by atoms with Gasteiger partial charge in [0.1, 0.15) is 0 Å². The first-order valence-electron chi connectivity index (χ1n) is 9.36. The van der Waals surface area contributed by atoms with Gasteiger partial charge in [-0.2, -0.15) is 13.2 Å². The molecule has 0 unspecified atom stereocenters. The molecule has 7 heteroatoms. The van der Waals surface area contributed by atoms with Crippen molar-refractivity contribution in [2.24, 2.45) is 0 Å². The minimum absolute atomic E-state index is 0.227. The number of piperidine rings is 1. The van der Waals surface area contributed by atoms with E-state index < -0.39 is 11.7 Å². The van der Waals surface area contributed by atoms with Crippen LogP contribution in [0.3, 0.4) is 0 Å². The van der Waals surface area contributed by atoms with Gasteiger partial charge in [0.05, 0.1) is 5.56 Å². The van der Waals surface area contributed by atoms with E-state index in [1.807, 2.05) is 9.80 Å². The summed E-state index contributed by atoms with van der Waals surface area (Å²) in [6.45, 7) is 5.38. The van der Waals surface area contributed by atoms with E-state index in [0.29, 0.717) is 25.2 Å². The van der Waals surface area contributed by atoms with E-state index in [1.165, 1.54) is 18.6 Å². The molecule has 0 saturated carbocycles. The molecule has 4 nitrogen and oxygen atoms in total. The van der Waals surface area contributed by atoms with Crippen LogP contribution in [0.5, 0.6) is 0 Å². The lowest BCUT2D eigenvalue weighted by atomic mass is 10.1. The van der Waals surface area contributed by atoms with Crippen molar-refractivity contribution in [3.05, 3.63) is 29.8 Å². The topological polar surface area (TPSA) is 26.8 Å². The van der Waals surface area contributed by atoms with Crippen LogP contribution in [0, 0.1) is 0 Å². The van der Waals surface area contributed by atoms with Crippen molar-refractivity contribution in [1.29, 1.82) is 0 Å². The first kappa shape index (κ1) is 19.0. The minimum atomic E-state index is -4.31. The maximum Gasteiger partial charge on any atom is 0.416 e. The summed E-state index contributed by atoms with van der Waals surface area (Å²) in [6.07, 6.45) is -0.375. The molecule has 0 aromatic heterocycles. The highest BCUT2D eigenvalue weighted by Gasteiger charge is 2.31. The van der Waals surface area contributed by atoms with E-state index in [1.54, 1.807) is 6.07 Å². The molecule has 2 saturated heterocycles. The van der Waals surface area contributed by atoms with Gasteiger partial charge < -0.3 is 9.80 Å². The number of likely N-dealkylation sites (tertiary alicyclic amines) is 1. The van der Waals surface area contributed by atoms with Crippen molar-refractivity contribution < 1.29 is 18.0 Å². The molecule has 2 aliphatic heterocycles. The van der Waals surface area contributed by atoms with Crippen LogP contribution in [0.2, 0.25) is 0 Å². The smallest absolute Gasteiger partial charge is 0.369 e. The minimum Gasteiger partial charge on any atom is -0.369 e. The average Bonchev–Trinajstić information content (AvgIpc) is 2.66. The van der Waals surface area contributed by atoms with Gasteiger partial charge in [-0.15, -0.1) is 0 Å². The molecule has 0 aliphatic carbocycles. The predicted octanol–water partition coefficient (Wildman–Crippen LogP) is 3.23. The second-order valence-corrected chi connectivity index (χ2v) is 7.07. The van der Waals surface area contributed by atoms with Gasteiger partial charge in [0.25, 0.3) is 0 Å². The Morgan fingerprint density at radius 3 is 2.31 bits per heavy atom. The van der Waals surface area contributed by atoms with Crippen molar-refractivity contribution in [2.75, 3.05) is 50.7 Å². The van der Waals surface area contributed by atoms with Crippen LogP contribution in [0.4, 0.5) is 18.9 Å². The van der Waals surface area contributed by atoms with Crippen LogP contribution < -0.4 is 4.90 Å². The Bertz CT molecular complexity index is 606. The number of rotatable bonds is 4. The SMILES string of the molecule is O=C(CCN1CCN(c2cccc(C(F)(F)F)c2)CC1)N1CCCCC1. The highest BCUT2D eigenvalue weighted by atomic mass is 19.4. The molecular formula is C19H26F3N3O. The number of halogens is 3. The van der Waals surface area contributed by atoms with E-state index >= 15 is 0 Å². The summed E-state index contributed by atoms with van der Waals surface area (Å²) in [5.41, 5.74) is 0.00780. The molecule has 2 heterocycles. The van der Waals surface area contributed by atoms with E-state index in [4.69, 9.17) is 0 Å². The van der Waals surface area contributed by atoms with Gasteiger partial charge in [-0.1, -0.05) is 6.07 Å². The lowest BCUT2D eigenvalue weighted by molar-refractivity contribution is -0.137. The number of nitrogens with zero attached hydrogens (tertiary/aromatic N) is 3. The van der Waals surface area contributed by atoms with Gasteiger partial charge in [0.15, 0.2) is 0 Å². The summed E-state index contributed by atoms with van der Waals surface area (Å²) >= 11 is 0. The highest BCUT2D eigenvalue weighted by molar-refractivity contribution is 5.76. The van der Waals surface area contributed by atoms with Gasteiger partial charge >= 0.3 is 6.18 Å². The normalized spacial score (nSPS) is 19.7. The third-order valence-corrected chi connectivity index (χ3v) is 5.26. The number of piperazine rings is 1. The van der Waals surface area contributed by atoms with E-state index in [-0.39, 0.29) is 5.91 Å². The quantitative estimate of drug-likeness (QED) is 0.815. The number of carbonyl (C=O) groups is 1. The molecule has 144 valence electrons. The van der Waals surface area contributed by atoms with Crippen LogP contribution in [-0.4, -0.2) is 61.5 Å². The van der Waals surface area contributed by atoms with E-state index in [0.717, 1.165) is 51.6 Å². The lowest BCUT2D eigenvalue weighted by Gasteiger charge is -2.36. The molecule has 0 N–H and O–H groups in total. The Labute approximate surface area is 152 Å². The van der Waals surface area contributed by atoms with Gasteiger partial charge in [-0.25, -0.2) is 0 Å². The molecule has 2 aliphatic rings. The maximum absolute atomic E-state index is 12.9. The third kappa shape index (κ3) is 4.90. The largest absolute Gasteiger partial charge is 0.416 e. The summed E-state index contributed by atoms with van der Waals surface area (Å²) in [4.78, 5) is 18.4. The van der Waals surface area contributed by atoms with Crippen LogP contribution in [-0.2, 0) is 11.0 Å². The first-order chi connectivity index (χ1) is 12.4. The number of amides is 1. The molecule has 1 aromatic carbocycles. The summed E-state index contributed by atoms with van der Waals surface area (Å²) in [6, 6.07) is 5.51. The summed E-state index contributed by atoms with van der Waals surface area (Å²) in [5, 5.41) is 0. The summed E-state index contributed by atoms with van der Waals surface area (Å²) in [7, 11) is 0. The van der Waals surface area contributed by atoms with Crippen LogP contribution in [0.25, 0.3) is 0 Å². The number of benzene rings is 1. The molecule has 2 fully saturated rings. The Morgan fingerprint density at radius 1 is 0.962 bits per heavy atom. The van der Waals surface area contributed by atoms with Crippen molar-refractivity contribution in [3.63, 3.8) is 0 Å². The fourth-order valence-electron chi connectivity index (χ4n) is 3.66. The van der Waals surface area contributed by atoms with Crippen LogP contribution >= 0.6 is 0 Å². The first-order valence-corrected chi connectivity index (χ1v) is 9.36. The van der Waals surface area contributed by atoms with Gasteiger partial charge in [-0.05, 0) is 37.5 Å². The van der Waals surface area contributed by atoms with Crippen molar-refractivity contribution >= 4 is 11.6 Å². The van der Waals surface area contributed by atoms with Crippen molar-refractivity contribution in [3.8, 4) is 0 Å². The molecule has 0 bridgehead atoms. The molecule has 0 spiro atoms. The number of hydrogen-bond acceptors (Lipinski definition) is 3. The monoisotopic (exact) mass is 369 g/mol. The number of alkyl halides is 3. The zero-order valence-electron chi connectivity index (χ0n) is 15.0. The molecule has 0 atom stereocenters. The highest BCUT2D eigenvalue weighted by Crippen LogP contribution is 2.31. The fraction of sp³-hybridized carbons (Fsp3) is 0.632. The zero-order chi connectivity index (χ0) is 18.6. The zero-order valence-corrected chi connectivity index (χ0v) is 15.0. The second kappa shape index (κ2) is 8.29. The molecule has 3 rings (SSSR count). The number of anilines is 1. The standard InChI is InChI=1S/C19H26F3N3O/c20-19(21,22)16-5-4-6-17(15-16)24-13-11-23(12-14-24)10-7-18(26)25-8-2-1-3-9-25/h4-6,15H,1-3,7-14H2. The summed E-state index contributed by atoms with van der Waals surface area (Å²) in [5.74, 6) is 0.227. The Hall–Kier alpha value is -1.76. The van der Waals surface area contributed by atoms with Gasteiger partial charge in [0.2, 0.25) is 5.91 Å². The molecule has 0 radical (unpaired) electrons. The summed E-state index contributed by atoms with van der Waals surface area (Å²) < 4.78 is 38.6. The molecule has 26 heavy (non-hydrogen) atoms. The van der Waals surface area contributed by atoms with Crippen LogP contribution in [0.15, 0.2) is 24.3 Å². The van der Waals surface area contributed by atoms with Crippen molar-refractivity contribution in [2.45, 2.75) is 31.9 Å². The van der Waals surface area contributed by atoms with E-state index in [9.17, 15) is 18.0 Å². The third-order valence-electron chi connectivity index (χ3n) is 5.26. The molecule has 1 amide bonds. The van der Waals surface area contributed by atoms with Gasteiger partial charge in [0, 0.05) is 57.9 Å². The second-order valence-electron chi connectivity index (χ2n) is 7.07. The van der Waals surface area contributed by atoms with E-state index in [2.05, 4.69) is 4.90 Å². The number of hydrogen-bond donors (Lipinski definition) is 0. The Balaban J connectivity index is 1.46. The Morgan fingerprint density at radius 2 is 1.65 bits per heavy atom. The lowest BCUT2D eigenvalue weighted by Crippen LogP contribution is -2.47. The van der Waals surface area contributed by atoms with Crippen molar-refractivity contribution in [1.82, 2.24) is 9.80 Å². The average molecular weight is 369 g/mol.